The predicted octanol–water partition coefficient (Wildman–Crippen LogP) is 4.84. The molecule has 1 aliphatic heterocycles. The molecular weight excluding hydrogens is 494 g/mol. The highest BCUT2D eigenvalue weighted by Gasteiger charge is 2.64. The van der Waals surface area contributed by atoms with Gasteiger partial charge in [-0.15, -0.1) is 0 Å². The van der Waals surface area contributed by atoms with Crippen LogP contribution in [0.25, 0.3) is 5.70 Å². The van der Waals surface area contributed by atoms with Gasteiger partial charge in [0.25, 0.3) is 12.1 Å². The third-order valence-corrected chi connectivity index (χ3v) is 6.69. The summed E-state index contributed by atoms with van der Waals surface area (Å²) < 4.78 is 66.5. The lowest BCUT2D eigenvalue weighted by Gasteiger charge is -2.39. The fourth-order valence-electron chi connectivity index (χ4n) is 4.25. The number of alkyl halides is 2. The normalized spacial score (nSPS) is 18.5. The van der Waals surface area contributed by atoms with Crippen molar-refractivity contribution in [2.75, 3.05) is 5.01 Å². The van der Waals surface area contributed by atoms with E-state index in [9.17, 15) is 28.3 Å². The molecule has 0 aliphatic carbocycles. The molecule has 0 spiro atoms. The molecule has 0 saturated heterocycles. The first-order valence-electron chi connectivity index (χ1n) is 10.4. The van der Waals surface area contributed by atoms with Gasteiger partial charge in [0.2, 0.25) is 0 Å². The van der Waals surface area contributed by atoms with Crippen LogP contribution in [0.1, 0.15) is 16.7 Å². The molecule has 1 aliphatic rings. The van der Waals surface area contributed by atoms with Crippen molar-refractivity contribution in [1.82, 2.24) is 4.41 Å². The first-order chi connectivity index (χ1) is 17.0. The zero-order valence-corrected chi connectivity index (χ0v) is 19.4. The molecule has 184 valence electrons. The molecule has 12 heteroatoms. The Bertz CT molecular complexity index is 1490. The Morgan fingerprint density at radius 1 is 1.03 bits per heavy atom. The maximum absolute atomic E-state index is 15.2. The topological polar surface area (TPSA) is 128 Å². The number of aryl methyl sites for hydroxylation is 1. The number of rotatable bonds is 6. The Balaban J connectivity index is 2.16. The number of halogens is 2. The molecular formula is C24H18F2N4O5S. The number of non-ortho nitro benzene ring substituents is 1. The van der Waals surface area contributed by atoms with Crippen LogP contribution >= 0.6 is 0 Å². The smallest absolute Gasteiger partial charge is 0.272 e. The summed E-state index contributed by atoms with van der Waals surface area (Å²) in [6, 6.07) is 19.3. The van der Waals surface area contributed by atoms with Gasteiger partial charge in [-0.25, -0.2) is 8.78 Å². The molecule has 0 aromatic heterocycles. The van der Waals surface area contributed by atoms with E-state index in [4.69, 9.17) is 0 Å². The molecule has 1 atom stereocenters. The molecule has 0 fully saturated rings. The van der Waals surface area contributed by atoms with Gasteiger partial charge in [-0.05, 0) is 24.6 Å². The zero-order chi connectivity index (χ0) is 26.3. The van der Waals surface area contributed by atoms with Crippen LogP contribution in [0.15, 0.2) is 84.4 Å². The molecule has 1 unspecified atom stereocenters. The van der Waals surface area contributed by atoms with Crippen LogP contribution in [-0.2, 0) is 15.8 Å². The first-order valence-corrected chi connectivity index (χ1v) is 11.8. The summed E-state index contributed by atoms with van der Waals surface area (Å²) in [5.41, 5.74) is -3.48. The van der Waals surface area contributed by atoms with Crippen LogP contribution < -0.4 is 5.01 Å². The fraction of sp³-hybridized carbons (Fsp3) is 0.125. The predicted molar refractivity (Wildman–Crippen MR) is 127 cm³/mol. The summed E-state index contributed by atoms with van der Waals surface area (Å²) in [4.78, 5) is 10.5. The second-order valence-corrected chi connectivity index (χ2v) is 9.18. The number of hydrogen-bond acceptors (Lipinski definition) is 6. The van der Waals surface area contributed by atoms with Crippen LogP contribution in [0.4, 0.5) is 20.2 Å². The number of anilines is 1. The van der Waals surface area contributed by atoms with Crippen molar-refractivity contribution in [2.24, 2.45) is 0 Å². The van der Waals surface area contributed by atoms with Gasteiger partial charge in [-0.3, -0.25) is 19.7 Å². The van der Waals surface area contributed by atoms with Crippen LogP contribution in [0.2, 0.25) is 0 Å². The Morgan fingerprint density at radius 2 is 1.61 bits per heavy atom. The largest absolute Gasteiger partial charge is 0.354 e. The monoisotopic (exact) mass is 512 g/mol. The second kappa shape index (κ2) is 9.12. The zero-order valence-electron chi connectivity index (χ0n) is 18.6. The van der Waals surface area contributed by atoms with Crippen molar-refractivity contribution < 1.29 is 26.7 Å². The average molecular weight is 512 g/mol. The molecule has 9 nitrogen and oxygen atoms in total. The molecule has 0 amide bonds. The molecule has 0 saturated carbocycles. The summed E-state index contributed by atoms with van der Waals surface area (Å²) in [6.45, 7) is 1.78. The van der Waals surface area contributed by atoms with Crippen LogP contribution in [0.5, 0.6) is 0 Å². The van der Waals surface area contributed by atoms with Crippen molar-refractivity contribution in [1.29, 1.82) is 5.26 Å². The Hall–Kier alpha value is -4.18. The summed E-state index contributed by atoms with van der Waals surface area (Å²) >= 11 is 0. The number of nitro benzene ring substituents is 1. The van der Waals surface area contributed by atoms with Crippen molar-refractivity contribution in [3.63, 3.8) is 0 Å². The molecule has 3 aromatic carbocycles. The Morgan fingerprint density at radius 3 is 2.08 bits per heavy atom. The quantitative estimate of drug-likeness (QED) is 0.284. The van der Waals surface area contributed by atoms with Crippen LogP contribution in [0, 0.1) is 28.4 Å². The van der Waals surface area contributed by atoms with Gasteiger partial charge in [0.1, 0.15) is 0 Å². The summed E-state index contributed by atoms with van der Waals surface area (Å²) in [5, 5.41) is 22.1. The minimum Gasteiger partial charge on any atom is -0.272 e. The lowest BCUT2D eigenvalue weighted by atomic mass is 9.83. The van der Waals surface area contributed by atoms with Gasteiger partial charge >= 0.3 is 10.3 Å². The van der Waals surface area contributed by atoms with Crippen molar-refractivity contribution in [2.45, 2.75) is 18.9 Å². The summed E-state index contributed by atoms with van der Waals surface area (Å²) in [6.07, 6.45) is -3.51. The fourth-order valence-corrected chi connectivity index (χ4v) is 5.27. The minimum atomic E-state index is -5.47. The third-order valence-electron chi connectivity index (χ3n) is 5.80. The van der Waals surface area contributed by atoms with Crippen LogP contribution in [-0.4, -0.2) is 28.7 Å². The standard InChI is InChI=1S/C24H18F2N4O5S/c1-16-7-9-17(10-8-16)22-21(15-27)24(23(25)26,18-5-3-2-4-6-18)30(36(33,34)35)28(22)19-11-13-20(14-12-19)29(31)32/h2-14,23H,1H3,(H,33,34,35). The number of benzene rings is 3. The van der Waals surface area contributed by atoms with Crippen molar-refractivity contribution >= 4 is 27.4 Å². The van der Waals surface area contributed by atoms with Gasteiger partial charge in [0, 0.05) is 17.7 Å². The van der Waals surface area contributed by atoms with E-state index in [1.807, 2.05) is 0 Å². The maximum Gasteiger partial charge on any atom is 0.354 e. The molecule has 36 heavy (non-hydrogen) atoms. The van der Waals surface area contributed by atoms with Crippen LogP contribution in [0.3, 0.4) is 0 Å². The summed E-state index contributed by atoms with van der Waals surface area (Å²) in [7, 11) is -5.47. The summed E-state index contributed by atoms with van der Waals surface area (Å²) in [5.74, 6) is 0. The first kappa shape index (κ1) is 24.9. The van der Waals surface area contributed by atoms with E-state index in [1.54, 1.807) is 25.1 Å². The minimum absolute atomic E-state index is 0.0644. The highest BCUT2D eigenvalue weighted by Crippen LogP contribution is 2.54. The van der Waals surface area contributed by atoms with Crippen molar-refractivity contribution in [3.8, 4) is 6.07 Å². The number of nitrogens with zero attached hydrogens (tertiary/aromatic N) is 4. The number of hydrogen-bond donors (Lipinski definition) is 1. The van der Waals surface area contributed by atoms with Gasteiger partial charge in [0.05, 0.1) is 28.0 Å². The molecule has 1 N–H and O–H groups in total. The lowest BCUT2D eigenvalue weighted by molar-refractivity contribution is -0.384. The van der Waals surface area contributed by atoms with E-state index in [2.05, 4.69) is 0 Å². The molecule has 3 aromatic rings. The average Bonchev–Trinajstić information content (AvgIpc) is 3.18. The third kappa shape index (κ3) is 3.89. The molecule has 4 rings (SSSR count). The van der Waals surface area contributed by atoms with Gasteiger partial charge < -0.3 is 0 Å². The van der Waals surface area contributed by atoms with E-state index in [0.717, 1.165) is 34.8 Å². The molecule has 0 bridgehead atoms. The van der Waals surface area contributed by atoms with E-state index in [0.29, 0.717) is 0 Å². The van der Waals surface area contributed by atoms with Gasteiger partial charge in [-0.2, -0.15) is 13.7 Å². The SMILES string of the molecule is Cc1ccc(C2=C(C#N)C(c3ccccc3)(C(F)F)N(S(=O)(=O)O)N2c2ccc([N+](=O)[O-])cc2)cc1. The van der Waals surface area contributed by atoms with E-state index in [1.165, 1.54) is 42.5 Å². The molecule has 1 heterocycles. The highest BCUT2D eigenvalue weighted by molar-refractivity contribution is 7.83. The Labute approximate surface area is 205 Å². The van der Waals surface area contributed by atoms with Crippen molar-refractivity contribution in [3.05, 3.63) is 111 Å². The number of nitriles is 1. The maximum atomic E-state index is 15.2. The Kier molecular flexibility index (Phi) is 6.32. The highest BCUT2D eigenvalue weighted by atomic mass is 32.2. The second-order valence-electron chi connectivity index (χ2n) is 7.94. The van der Waals surface area contributed by atoms with Gasteiger partial charge in [0.15, 0.2) is 5.54 Å². The van der Waals surface area contributed by atoms with Gasteiger partial charge in [-0.1, -0.05) is 64.6 Å². The molecule has 0 radical (unpaired) electrons. The number of hydrazine groups is 1. The van der Waals surface area contributed by atoms with E-state index in [-0.39, 0.29) is 32.6 Å². The number of nitro groups is 1. The lowest BCUT2D eigenvalue weighted by Crippen LogP contribution is -2.56. The van der Waals surface area contributed by atoms with E-state index >= 15 is 8.78 Å². The van der Waals surface area contributed by atoms with E-state index < -0.39 is 32.8 Å².